The number of carbonyl (C=O) groups is 1. The molecule has 0 saturated carbocycles. The van der Waals surface area contributed by atoms with Crippen molar-refractivity contribution in [3.63, 3.8) is 0 Å². The van der Waals surface area contributed by atoms with Crippen molar-refractivity contribution in [2.24, 2.45) is 4.99 Å². The van der Waals surface area contributed by atoms with Gasteiger partial charge in [-0.05, 0) is 69.2 Å². The average Bonchev–Trinajstić information content (AvgIpc) is 3.22. The molecule has 0 bridgehead atoms. The van der Waals surface area contributed by atoms with E-state index in [1.165, 1.54) is 11.3 Å². The third kappa shape index (κ3) is 5.50. The highest BCUT2D eigenvalue weighted by Crippen LogP contribution is 2.31. The van der Waals surface area contributed by atoms with Crippen LogP contribution in [0.1, 0.15) is 44.9 Å². The lowest BCUT2D eigenvalue weighted by atomic mass is 9.96. The van der Waals surface area contributed by atoms with Gasteiger partial charge in [-0.2, -0.15) is 0 Å². The zero-order valence-electron chi connectivity index (χ0n) is 22.3. The number of hydrogen-bond donors (Lipinski definition) is 0. The second-order valence-electron chi connectivity index (χ2n) is 8.73. The summed E-state index contributed by atoms with van der Waals surface area (Å²) in [6.07, 6.45) is 3.55. The molecule has 1 aliphatic rings. The van der Waals surface area contributed by atoms with Crippen molar-refractivity contribution in [2.75, 3.05) is 31.2 Å². The van der Waals surface area contributed by atoms with Gasteiger partial charge in [0.2, 0.25) is 0 Å². The van der Waals surface area contributed by atoms with E-state index < -0.39 is 12.0 Å². The lowest BCUT2D eigenvalue weighted by molar-refractivity contribution is -0.139. The van der Waals surface area contributed by atoms with Gasteiger partial charge in [0.15, 0.2) is 4.80 Å². The van der Waals surface area contributed by atoms with Gasteiger partial charge in [0.05, 0.1) is 28.5 Å². The molecule has 0 aliphatic carbocycles. The molecule has 38 heavy (non-hydrogen) atoms. The van der Waals surface area contributed by atoms with E-state index in [1.807, 2.05) is 42.5 Å². The molecule has 8 heteroatoms. The first kappa shape index (κ1) is 27.1. The molecule has 1 aliphatic heterocycles. The Balaban J connectivity index is 1.81. The van der Waals surface area contributed by atoms with Gasteiger partial charge in [-0.3, -0.25) is 9.36 Å². The monoisotopic (exact) mass is 531 g/mol. The maximum atomic E-state index is 13.8. The third-order valence-electron chi connectivity index (χ3n) is 6.40. The van der Waals surface area contributed by atoms with Gasteiger partial charge in [-0.25, -0.2) is 9.79 Å². The molecule has 2 aromatic carbocycles. The Hall–Kier alpha value is -3.91. The molecule has 0 unspecified atom stereocenters. The van der Waals surface area contributed by atoms with Crippen LogP contribution < -0.4 is 24.5 Å². The van der Waals surface area contributed by atoms with Crippen LogP contribution in [-0.4, -0.2) is 36.8 Å². The van der Waals surface area contributed by atoms with Crippen molar-refractivity contribution >= 4 is 29.1 Å². The molecule has 3 aromatic rings. The van der Waals surface area contributed by atoms with Gasteiger partial charge in [-0.15, -0.1) is 0 Å². The molecule has 7 nitrogen and oxygen atoms in total. The number of thiazole rings is 1. The van der Waals surface area contributed by atoms with E-state index in [4.69, 9.17) is 9.47 Å². The Morgan fingerprint density at radius 1 is 1.11 bits per heavy atom. The highest BCUT2D eigenvalue weighted by Gasteiger charge is 2.33. The van der Waals surface area contributed by atoms with E-state index in [1.54, 1.807) is 24.5 Å². The van der Waals surface area contributed by atoms with Gasteiger partial charge in [-0.1, -0.05) is 48.3 Å². The summed E-state index contributed by atoms with van der Waals surface area (Å²) >= 11 is 1.32. The number of benzene rings is 2. The van der Waals surface area contributed by atoms with E-state index in [0.717, 1.165) is 29.9 Å². The number of anilines is 1. The number of aromatic nitrogens is 1. The maximum Gasteiger partial charge on any atom is 0.338 e. The summed E-state index contributed by atoms with van der Waals surface area (Å²) in [6, 6.07) is 14.9. The van der Waals surface area contributed by atoms with Crippen molar-refractivity contribution in [3.05, 3.63) is 103 Å². The van der Waals surface area contributed by atoms with Gasteiger partial charge in [0.25, 0.3) is 5.56 Å². The smallest absolute Gasteiger partial charge is 0.338 e. The van der Waals surface area contributed by atoms with Crippen LogP contribution in [0.25, 0.3) is 6.08 Å². The molecule has 4 rings (SSSR count). The fraction of sp³-hybridized carbons (Fsp3) is 0.300. The normalized spacial score (nSPS) is 15.1. The standard InChI is InChI=1S/C30H33N3O4S/c1-6-18-37-24-16-12-22(13-17-24)27-26(29(35)36-9-4)20(5)31-30-33(27)28(34)25(38-30)19-21-10-14-23(15-11-21)32(7-2)8-3/h6,10-17,19,27H,1,7-9,18H2,2-5H3/b25-19-/t27-/m1/s1. The molecular weight excluding hydrogens is 498 g/mol. The molecule has 2 heterocycles. The molecule has 0 saturated heterocycles. The zero-order valence-corrected chi connectivity index (χ0v) is 23.1. The van der Waals surface area contributed by atoms with Crippen LogP contribution >= 0.6 is 11.3 Å². The van der Waals surface area contributed by atoms with Crippen LogP contribution in [-0.2, 0) is 9.53 Å². The fourth-order valence-electron chi connectivity index (χ4n) is 4.53. The van der Waals surface area contributed by atoms with Gasteiger partial charge >= 0.3 is 5.97 Å². The summed E-state index contributed by atoms with van der Waals surface area (Å²) < 4.78 is 13.1. The van der Waals surface area contributed by atoms with Crippen molar-refractivity contribution in [3.8, 4) is 5.75 Å². The van der Waals surface area contributed by atoms with Crippen LogP contribution in [0.3, 0.4) is 0 Å². The molecule has 198 valence electrons. The number of carbonyl (C=O) groups excluding carboxylic acids is 1. The Morgan fingerprint density at radius 2 is 1.79 bits per heavy atom. The van der Waals surface area contributed by atoms with E-state index in [0.29, 0.717) is 33.0 Å². The predicted octanol–water partition coefficient (Wildman–Crippen LogP) is 4.21. The molecule has 1 aromatic heterocycles. The van der Waals surface area contributed by atoms with Crippen LogP contribution in [0.4, 0.5) is 5.69 Å². The summed E-state index contributed by atoms with van der Waals surface area (Å²) in [5.74, 6) is 0.194. The molecular formula is C30H33N3O4S. The molecule has 0 radical (unpaired) electrons. The molecule has 0 amide bonds. The lowest BCUT2D eigenvalue weighted by Crippen LogP contribution is -2.39. The number of nitrogens with zero attached hydrogens (tertiary/aromatic N) is 3. The van der Waals surface area contributed by atoms with Crippen LogP contribution in [0.5, 0.6) is 5.75 Å². The number of hydrogen-bond acceptors (Lipinski definition) is 7. The van der Waals surface area contributed by atoms with Gasteiger partial charge < -0.3 is 14.4 Å². The first-order valence-electron chi connectivity index (χ1n) is 12.8. The Morgan fingerprint density at radius 3 is 2.39 bits per heavy atom. The van der Waals surface area contributed by atoms with Crippen LogP contribution in [0.15, 0.2) is 82.2 Å². The number of rotatable bonds is 10. The van der Waals surface area contributed by atoms with Crippen molar-refractivity contribution in [1.29, 1.82) is 0 Å². The van der Waals surface area contributed by atoms with E-state index >= 15 is 0 Å². The number of esters is 1. The summed E-state index contributed by atoms with van der Waals surface area (Å²) in [5, 5.41) is 0. The topological polar surface area (TPSA) is 73.1 Å². The molecule has 0 spiro atoms. The van der Waals surface area contributed by atoms with Crippen molar-refractivity contribution < 1.29 is 14.3 Å². The summed E-state index contributed by atoms with van der Waals surface area (Å²) in [6.45, 7) is 13.9. The number of allylic oxidation sites excluding steroid dienone is 1. The molecule has 0 fully saturated rings. The minimum absolute atomic E-state index is 0.201. The Bertz CT molecular complexity index is 1510. The first-order chi connectivity index (χ1) is 18.4. The maximum absolute atomic E-state index is 13.8. The van der Waals surface area contributed by atoms with Gasteiger partial charge in [0, 0.05) is 18.8 Å². The minimum atomic E-state index is -0.661. The third-order valence-corrected chi connectivity index (χ3v) is 7.38. The Labute approximate surface area is 226 Å². The van der Waals surface area contributed by atoms with E-state index in [9.17, 15) is 9.59 Å². The highest BCUT2D eigenvalue weighted by atomic mass is 32.1. The average molecular weight is 532 g/mol. The summed E-state index contributed by atoms with van der Waals surface area (Å²) in [7, 11) is 0. The fourth-order valence-corrected chi connectivity index (χ4v) is 5.58. The molecule has 1 atom stereocenters. The van der Waals surface area contributed by atoms with Crippen molar-refractivity contribution in [2.45, 2.75) is 33.7 Å². The lowest BCUT2D eigenvalue weighted by Gasteiger charge is -2.24. The largest absolute Gasteiger partial charge is 0.490 e. The zero-order chi connectivity index (χ0) is 27.2. The van der Waals surface area contributed by atoms with E-state index in [-0.39, 0.29) is 12.2 Å². The predicted molar refractivity (Wildman–Crippen MR) is 153 cm³/mol. The Kier molecular flexibility index (Phi) is 8.63. The first-order valence-corrected chi connectivity index (χ1v) is 13.6. The van der Waals surface area contributed by atoms with Crippen LogP contribution in [0.2, 0.25) is 0 Å². The van der Waals surface area contributed by atoms with Crippen LogP contribution in [0, 0.1) is 0 Å². The second-order valence-corrected chi connectivity index (χ2v) is 9.74. The second kappa shape index (κ2) is 12.1. The quantitative estimate of drug-likeness (QED) is 0.290. The highest BCUT2D eigenvalue weighted by molar-refractivity contribution is 7.07. The molecule has 0 N–H and O–H groups in total. The van der Waals surface area contributed by atoms with E-state index in [2.05, 4.69) is 42.5 Å². The summed E-state index contributed by atoms with van der Waals surface area (Å²) in [5.41, 5.74) is 3.53. The summed E-state index contributed by atoms with van der Waals surface area (Å²) in [4.78, 5) is 34.3. The number of fused-ring (bicyclic) bond motifs is 1. The number of ether oxygens (including phenoxy) is 2. The van der Waals surface area contributed by atoms with Gasteiger partial charge in [0.1, 0.15) is 12.4 Å². The van der Waals surface area contributed by atoms with Crippen molar-refractivity contribution in [1.82, 2.24) is 4.57 Å². The minimum Gasteiger partial charge on any atom is -0.490 e. The SMILES string of the molecule is C=CCOc1ccc([C@@H]2C(C(=O)OCC)=C(C)N=c3s/c(=C\c4ccc(N(CC)CC)cc4)c(=O)n32)cc1.